The fraction of sp³-hybridized carbons (Fsp3) is 0.758. The highest BCUT2D eigenvalue weighted by Gasteiger charge is 2.36. The minimum atomic E-state index is -1.15. The summed E-state index contributed by atoms with van der Waals surface area (Å²) >= 11 is 0. The van der Waals surface area contributed by atoms with Gasteiger partial charge in [0.1, 0.15) is 0 Å². The molecule has 1 aliphatic heterocycles. The van der Waals surface area contributed by atoms with E-state index in [0.717, 1.165) is 61.4 Å². The van der Waals surface area contributed by atoms with Gasteiger partial charge in [0, 0.05) is 0 Å². The molecule has 0 N–H and O–H groups in total. The fourth-order valence-corrected chi connectivity index (χ4v) is 7.97. The van der Waals surface area contributed by atoms with Gasteiger partial charge in [-0.25, -0.2) is 0 Å². The zero-order chi connectivity index (χ0) is 27.1. The summed E-state index contributed by atoms with van der Waals surface area (Å²) in [5.74, 6) is 2.69. The van der Waals surface area contributed by atoms with Gasteiger partial charge < -0.3 is 14.2 Å². The zero-order valence-corrected chi connectivity index (χ0v) is 23.6. The average molecular weight is 533 g/mol. The van der Waals surface area contributed by atoms with E-state index in [1.165, 1.54) is 77.7 Å². The average Bonchev–Trinajstić information content (AvgIpc) is 2.99. The lowest BCUT2D eigenvalue weighted by atomic mass is 9.64. The highest BCUT2D eigenvalue weighted by atomic mass is 19.2. The second kappa shape index (κ2) is 14.1. The number of ether oxygens (including phenoxy) is 3. The van der Waals surface area contributed by atoms with E-state index in [4.69, 9.17) is 9.47 Å². The van der Waals surface area contributed by atoms with Crippen LogP contribution in [0.4, 0.5) is 8.78 Å². The molecule has 0 radical (unpaired) electrons. The largest absolute Gasteiger partial charge is 0.494 e. The predicted octanol–water partition coefficient (Wildman–Crippen LogP) is 9.23. The van der Waals surface area contributed by atoms with Gasteiger partial charge in [0.2, 0.25) is 11.7 Å². The molecule has 5 heteroatoms. The molecule has 2 atom stereocenters. The van der Waals surface area contributed by atoms with E-state index >= 15 is 0 Å². The van der Waals surface area contributed by atoms with Crippen LogP contribution >= 0.6 is 0 Å². The lowest BCUT2D eigenvalue weighted by Gasteiger charge is -2.43. The van der Waals surface area contributed by atoms with Crippen LogP contribution in [0.15, 0.2) is 49.0 Å². The van der Waals surface area contributed by atoms with E-state index in [0.29, 0.717) is 12.5 Å². The Hall–Kier alpha value is -1.62. The van der Waals surface area contributed by atoms with Crippen LogP contribution in [0.25, 0.3) is 0 Å². The molecule has 0 aromatic heterocycles. The molecule has 0 aromatic rings. The first-order chi connectivity index (χ1) is 18.4. The maximum atomic E-state index is 14.1. The van der Waals surface area contributed by atoms with Crippen molar-refractivity contribution in [3.8, 4) is 0 Å². The number of hydrogen-bond acceptors (Lipinski definition) is 3. The van der Waals surface area contributed by atoms with Crippen LogP contribution in [-0.4, -0.2) is 26.4 Å². The molecule has 0 bridgehead atoms. The molecule has 0 spiro atoms. The summed E-state index contributed by atoms with van der Waals surface area (Å²) in [7, 11) is 1.25. The number of hydrogen-bond donors (Lipinski definition) is 0. The molecule has 214 valence electrons. The SMILES string of the molecule is C=CC1CCC(C2CCC(C3CCC(C4CCC(COC(=C)/C(F)=C(/F)C(=C)OC)CC4)CC3)CC2)CO1. The van der Waals surface area contributed by atoms with E-state index in [-0.39, 0.29) is 17.6 Å². The molecule has 4 aliphatic rings. The Balaban J connectivity index is 1.11. The Labute approximate surface area is 229 Å². The molecule has 1 saturated heterocycles. The molecule has 3 aliphatic carbocycles. The Kier molecular flexibility index (Phi) is 10.9. The van der Waals surface area contributed by atoms with Gasteiger partial charge >= 0.3 is 0 Å². The minimum Gasteiger partial charge on any atom is -0.494 e. The highest BCUT2D eigenvalue weighted by Crippen LogP contribution is 2.47. The van der Waals surface area contributed by atoms with Crippen molar-refractivity contribution in [3.05, 3.63) is 49.0 Å². The second-order valence-corrected chi connectivity index (χ2v) is 12.6. The number of rotatable bonds is 10. The van der Waals surface area contributed by atoms with Crippen molar-refractivity contribution >= 4 is 0 Å². The van der Waals surface area contributed by atoms with Crippen molar-refractivity contribution in [1.29, 1.82) is 0 Å². The van der Waals surface area contributed by atoms with E-state index < -0.39 is 11.7 Å². The third-order valence-corrected chi connectivity index (χ3v) is 10.6. The summed E-state index contributed by atoms with van der Waals surface area (Å²) in [5.41, 5.74) is 0. The van der Waals surface area contributed by atoms with Crippen molar-refractivity contribution in [1.82, 2.24) is 0 Å². The van der Waals surface area contributed by atoms with Crippen molar-refractivity contribution in [2.45, 2.75) is 96.0 Å². The van der Waals surface area contributed by atoms with Crippen LogP contribution in [0, 0.1) is 41.4 Å². The van der Waals surface area contributed by atoms with Gasteiger partial charge in [0.25, 0.3) is 0 Å². The molecular formula is C33H50F2O3. The number of methoxy groups -OCH3 is 1. The molecule has 1 heterocycles. The first-order valence-electron chi connectivity index (χ1n) is 15.2. The third-order valence-electron chi connectivity index (χ3n) is 10.6. The summed E-state index contributed by atoms with van der Waals surface area (Å²) in [4.78, 5) is 0. The van der Waals surface area contributed by atoms with Crippen molar-refractivity contribution in [3.63, 3.8) is 0 Å². The minimum absolute atomic E-state index is 0.274. The molecular weight excluding hydrogens is 482 g/mol. The second-order valence-electron chi connectivity index (χ2n) is 12.6. The van der Waals surface area contributed by atoms with Crippen LogP contribution in [0.3, 0.4) is 0 Å². The van der Waals surface area contributed by atoms with Gasteiger partial charge in [-0.05, 0) is 131 Å². The monoisotopic (exact) mass is 532 g/mol. The van der Waals surface area contributed by atoms with Gasteiger partial charge in [-0.1, -0.05) is 19.2 Å². The quantitative estimate of drug-likeness (QED) is 0.159. The summed E-state index contributed by atoms with van der Waals surface area (Å²) in [5, 5.41) is 0. The summed E-state index contributed by atoms with van der Waals surface area (Å²) in [6.45, 7) is 12.1. The molecule has 3 nitrogen and oxygen atoms in total. The van der Waals surface area contributed by atoms with Crippen LogP contribution in [0.2, 0.25) is 0 Å². The van der Waals surface area contributed by atoms with Crippen LogP contribution in [-0.2, 0) is 14.2 Å². The maximum Gasteiger partial charge on any atom is 0.203 e. The van der Waals surface area contributed by atoms with E-state index in [1.54, 1.807) is 0 Å². The van der Waals surface area contributed by atoms with Crippen molar-refractivity contribution in [2.24, 2.45) is 41.4 Å². The maximum absolute atomic E-state index is 14.1. The number of halogens is 2. The molecule has 4 fully saturated rings. The van der Waals surface area contributed by atoms with Gasteiger partial charge in [-0.15, -0.1) is 6.58 Å². The van der Waals surface area contributed by atoms with E-state index in [9.17, 15) is 8.78 Å². The molecule has 38 heavy (non-hydrogen) atoms. The Bertz CT molecular complexity index is 819. The predicted molar refractivity (Wildman–Crippen MR) is 149 cm³/mol. The summed E-state index contributed by atoms with van der Waals surface area (Å²) in [6.07, 6.45) is 20.7. The van der Waals surface area contributed by atoms with Gasteiger partial charge in [0.05, 0.1) is 26.4 Å². The van der Waals surface area contributed by atoms with Crippen molar-refractivity contribution < 1.29 is 23.0 Å². The standard InChI is InChI=1S/C33H50F2O3/c1-5-31-19-18-30(21-38-31)29-16-14-28(15-17-29)27-12-10-26(11-13-27)25-8-6-24(7-9-25)20-37-23(3)33(35)32(34)22(2)36-4/h5,24-31H,1-3,6-21H2,4H3/b33-32-. The normalized spacial score (nSPS) is 37.0. The Morgan fingerprint density at radius 2 is 1.11 bits per heavy atom. The van der Waals surface area contributed by atoms with Crippen LogP contribution in [0.1, 0.15) is 89.9 Å². The third kappa shape index (κ3) is 7.52. The Morgan fingerprint density at radius 3 is 1.53 bits per heavy atom. The van der Waals surface area contributed by atoms with Gasteiger partial charge in [0.15, 0.2) is 11.5 Å². The molecule has 0 aromatic carbocycles. The molecule has 0 amide bonds. The first-order valence-corrected chi connectivity index (χ1v) is 15.2. The van der Waals surface area contributed by atoms with Gasteiger partial charge in [-0.2, -0.15) is 8.78 Å². The topological polar surface area (TPSA) is 27.7 Å². The lowest BCUT2D eigenvalue weighted by molar-refractivity contribution is -0.0194. The van der Waals surface area contributed by atoms with Crippen LogP contribution < -0.4 is 0 Å². The molecule has 2 unspecified atom stereocenters. The molecule has 3 saturated carbocycles. The Morgan fingerprint density at radius 1 is 0.684 bits per heavy atom. The fourth-order valence-electron chi connectivity index (χ4n) is 7.97. The smallest absolute Gasteiger partial charge is 0.203 e. The first kappa shape index (κ1) is 29.4. The van der Waals surface area contributed by atoms with E-state index in [1.807, 2.05) is 6.08 Å². The lowest BCUT2D eigenvalue weighted by Crippen LogP contribution is -2.34. The summed E-state index contributed by atoms with van der Waals surface area (Å²) < 4.78 is 44.1. The number of allylic oxidation sites excluding steroid dienone is 2. The molecule has 4 rings (SSSR count). The van der Waals surface area contributed by atoms with Gasteiger partial charge in [-0.3, -0.25) is 0 Å². The summed E-state index contributed by atoms with van der Waals surface area (Å²) in [6, 6.07) is 0. The van der Waals surface area contributed by atoms with Crippen molar-refractivity contribution in [2.75, 3.05) is 20.3 Å². The van der Waals surface area contributed by atoms with Crippen LogP contribution in [0.5, 0.6) is 0 Å². The zero-order valence-electron chi connectivity index (χ0n) is 23.6. The van der Waals surface area contributed by atoms with E-state index in [2.05, 4.69) is 24.5 Å². The highest BCUT2D eigenvalue weighted by molar-refractivity contribution is 5.29.